The largest absolute Gasteiger partial charge is 0.479 e. The lowest BCUT2D eigenvalue weighted by molar-refractivity contribution is -0.385. The molecule has 0 aliphatic rings. The highest BCUT2D eigenvalue weighted by Crippen LogP contribution is 2.27. The average molecular weight is 296 g/mol. The summed E-state index contributed by atoms with van der Waals surface area (Å²) in [5.41, 5.74) is -0.402. The molecule has 104 valence electrons. The third kappa shape index (κ3) is 3.09. The molecule has 1 atom stereocenters. The van der Waals surface area contributed by atoms with Crippen LogP contribution in [0.15, 0.2) is 35.7 Å². The number of halogens is 1. The van der Waals surface area contributed by atoms with Crippen molar-refractivity contribution in [3.05, 3.63) is 56.5 Å². The van der Waals surface area contributed by atoms with E-state index in [0.29, 0.717) is 4.88 Å². The molecule has 2 aromatic rings. The van der Waals surface area contributed by atoms with E-state index in [0.717, 1.165) is 18.2 Å². The minimum atomic E-state index is -1.15. The topological polar surface area (TPSA) is 92.5 Å². The van der Waals surface area contributed by atoms with Gasteiger partial charge in [0.2, 0.25) is 0 Å². The van der Waals surface area contributed by atoms with E-state index in [1.165, 1.54) is 11.3 Å². The van der Waals surface area contributed by atoms with Crippen LogP contribution in [0.25, 0.3) is 0 Å². The van der Waals surface area contributed by atoms with Crippen molar-refractivity contribution in [2.45, 2.75) is 6.04 Å². The summed E-state index contributed by atoms with van der Waals surface area (Å²) < 4.78 is 13.3. The summed E-state index contributed by atoms with van der Waals surface area (Å²) in [5.74, 6) is -1.96. The summed E-state index contributed by atoms with van der Waals surface area (Å²) in [4.78, 5) is 21.7. The van der Waals surface area contributed by atoms with Crippen LogP contribution < -0.4 is 5.32 Å². The lowest BCUT2D eigenvalue weighted by Gasteiger charge is -2.14. The number of aliphatic carboxylic acids is 1. The van der Waals surface area contributed by atoms with Crippen molar-refractivity contribution < 1.29 is 19.2 Å². The number of hydrogen-bond acceptors (Lipinski definition) is 5. The molecule has 0 aliphatic carbocycles. The van der Waals surface area contributed by atoms with E-state index in [4.69, 9.17) is 0 Å². The molecule has 8 heteroatoms. The van der Waals surface area contributed by atoms with Gasteiger partial charge in [-0.3, -0.25) is 10.1 Å². The first-order valence-corrected chi connectivity index (χ1v) is 6.33. The van der Waals surface area contributed by atoms with Gasteiger partial charge in [0.1, 0.15) is 5.82 Å². The standard InChI is InChI=1S/C12H9FN2O4S/c13-7-4-8(6-9(5-7)15(18)19)14-11(12(16)17)10-2-1-3-20-10/h1-6,11,14H,(H,16,17). The molecule has 1 aromatic heterocycles. The van der Waals surface area contributed by atoms with E-state index in [1.807, 2.05) is 0 Å². The normalized spacial score (nSPS) is 11.8. The van der Waals surface area contributed by atoms with Crippen molar-refractivity contribution in [1.82, 2.24) is 0 Å². The van der Waals surface area contributed by atoms with Gasteiger partial charge in [-0.05, 0) is 17.5 Å². The highest BCUT2D eigenvalue weighted by molar-refractivity contribution is 7.10. The second-order valence-electron chi connectivity index (χ2n) is 3.89. The predicted molar refractivity (Wildman–Crippen MR) is 71.4 cm³/mol. The number of anilines is 1. The molecule has 0 radical (unpaired) electrons. The molecule has 2 rings (SSSR count). The molecular weight excluding hydrogens is 287 g/mol. The minimum absolute atomic E-state index is 0.0394. The number of thiophene rings is 1. The molecule has 6 nitrogen and oxygen atoms in total. The number of rotatable bonds is 5. The SMILES string of the molecule is O=C(O)C(Nc1cc(F)cc([N+](=O)[O-])c1)c1cccs1. The number of carbonyl (C=O) groups is 1. The van der Waals surface area contributed by atoms with Crippen LogP contribution in [0.1, 0.15) is 10.9 Å². The zero-order valence-corrected chi connectivity index (χ0v) is 10.8. The van der Waals surface area contributed by atoms with E-state index in [2.05, 4.69) is 5.32 Å². The van der Waals surface area contributed by atoms with Crippen molar-refractivity contribution >= 4 is 28.7 Å². The molecule has 0 amide bonds. The molecule has 0 saturated heterocycles. The van der Waals surface area contributed by atoms with Crippen molar-refractivity contribution in [1.29, 1.82) is 0 Å². The highest BCUT2D eigenvalue weighted by atomic mass is 32.1. The number of hydrogen-bond donors (Lipinski definition) is 2. The zero-order valence-electron chi connectivity index (χ0n) is 9.95. The number of nitrogens with zero attached hydrogens (tertiary/aromatic N) is 1. The molecule has 0 bridgehead atoms. The van der Waals surface area contributed by atoms with E-state index in [-0.39, 0.29) is 5.69 Å². The molecule has 0 aliphatic heterocycles. The number of non-ortho nitro benzene ring substituents is 1. The van der Waals surface area contributed by atoms with Crippen LogP contribution in [0.5, 0.6) is 0 Å². The quantitative estimate of drug-likeness (QED) is 0.653. The fourth-order valence-corrected chi connectivity index (χ4v) is 2.41. The maximum atomic E-state index is 13.3. The first-order valence-electron chi connectivity index (χ1n) is 5.45. The van der Waals surface area contributed by atoms with E-state index in [1.54, 1.807) is 17.5 Å². The van der Waals surface area contributed by atoms with Gasteiger partial charge in [0.05, 0.1) is 11.0 Å². The summed E-state index contributed by atoms with van der Waals surface area (Å²) in [7, 11) is 0. The van der Waals surface area contributed by atoms with Gasteiger partial charge in [0.15, 0.2) is 6.04 Å². The Hall–Kier alpha value is -2.48. The predicted octanol–water partition coefficient (Wildman–Crippen LogP) is 3.03. The molecule has 1 aromatic carbocycles. The van der Waals surface area contributed by atoms with Crippen LogP contribution in [0.4, 0.5) is 15.8 Å². The fourth-order valence-electron chi connectivity index (χ4n) is 1.64. The van der Waals surface area contributed by atoms with Gasteiger partial charge in [-0.1, -0.05) is 6.07 Å². The Morgan fingerprint density at radius 3 is 2.75 bits per heavy atom. The fraction of sp³-hybridized carbons (Fsp3) is 0.0833. The van der Waals surface area contributed by atoms with Crippen LogP contribution in [0, 0.1) is 15.9 Å². The average Bonchev–Trinajstić information content (AvgIpc) is 2.88. The van der Waals surface area contributed by atoms with Crippen molar-refractivity contribution in [2.75, 3.05) is 5.32 Å². The second-order valence-corrected chi connectivity index (χ2v) is 4.87. The summed E-state index contributed by atoms with van der Waals surface area (Å²) in [6.45, 7) is 0. The number of carboxylic acids is 1. The van der Waals surface area contributed by atoms with Gasteiger partial charge in [-0.2, -0.15) is 0 Å². The lowest BCUT2D eigenvalue weighted by Crippen LogP contribution is -2.19. The molecule has 20 heavy (non-hydrogen) atoms. The molecule has 2 N–H and O–H groups in total. The Kier molecular flexibility index (Phi) is 3.94. The van der Waals surface area contributed by atoms with E-state index in [9.17, 15) is 24.4 Å². The summed E-state index contributed by atoms with van der Waals surface area (Å²) >= 11 is 1.22. The van der Waals surface area contributed by atoms with Gasteiger partial charge in [-0.25, -0.2) is 9.18 Å². The van der Waals surface area contributed by atoms with E-state index < -0.39 is 28.4 Å². The Balaban J connectivity index is 2.32. The summed E-state index contributed by atoms with van der Waals surface area (Å²) in [5, 5.41) is 24.1. The molecule has 0 spiro atoms. The monoisotopic (exact) mass is 296 g/mol. The van der Waals surface area contributed by atoms with Gasteiger partial charge in [-0.15, -0.1) is 11.3 Å². The maximum Gasteiger partial charge on any atom is 0.331 e. The first-order chi connectivity index (χ1) is 9.47. The van der Waals surface area contributed by atoms with Crippen LogP contribution >= 0.6 is 11.3 Å². The molecule has 0 fully saturated rings. The number of nitro benzene ring substituents is 1. The molecule has 1 unspecified atom stereocenters. The zero-order chi connectivity index (χ0) is 14.7. The third-order valence-electron chi connectivity index (χ3n) is 2.48. The minimum Gasteiger partial charge on any atom is -0.479 e. The highest BCUT2D eigenvalue weighted by Gasteiger charge is 2.21. The van der Waals surface area contributed by atoms with E-state index >= 15 is 0 Å². The number of benzene rings is 1. The molecule has 0 saturated carbocycles. The summed E-state index contributed by atoms with van der Waals surface area (Å²) in [6.07, 6.45) is 0. The Morgan fingerprint density at radius 1 is 1.45 bits per heavy atom. The number of carboxylic acid groups (broad SMARTS) is 1. The number of nitro groups is 1. The smallest absolute Gasteiger partial charge is 0.331 e. The number of nitrogens with one attached hydrogen (secondary N) is 1. The van der Waals surface area contributed by atoms with Crippen LogP contribution in [-0.2, 0) is 4.79 Å². The Bertz CT molecular complexity index is 645. The van der Waals surface area contributed by atoms with Gasteiger partial charge < -0.3 is 10.4 Å². The maximum absolute atomic E-state index is 13.3. The van der Waals surface area contributed by atoms with Crippen LogP contribution in [-0.4, -0.2) is 16.0 Å². The lowest BCUT2D eigenvalue weighted by atomic mass is 10.2. The van der Waals surface area contributed by atoms with Gasteiger partial charge in [0, 0.05) is 16.6 Å². The Morgan fingerprint density at radius 2 is 2.20 bits per heavy atom. The molecule has 1 heterocycles. The third-order valence-corrected chi connectivity index (χ3v) is 3.42. The Labute approximate surface area is 116 Å². The van der Waals surface area contributed by atoms with Crippen LogP contribution in [0.3, 0.4) is 0 Å². The van der Waals surface area contributed by atoms with Crippen molar-refractivity contribution in [3.63, 3.8) is 0 Å². The molecular formula is C12H9FN2O4S. The van der Waals surface area contributed by atoms with Gasteiger partial charge in [0.25, 0.3) is 5.69 Å². The second kappa shape index (κ2) is 5.66. The summed E-state index contributed by atoms with van der Waals surface area (Å²) in [6, 6.07) is 5.09. The van der Waals surface area contributed by atoms with Crippen LogP contribution in [0.2, 0.25) is 0 Å². The van der Waals surface area contributed by atoms with Gasteiger partial charge >= 0.3 is 5.97 Å². The van der Waals surface area contributed by atoms with Crippen molar-refractivity contribution in [3.8, 4) is 0 Å². The first kappa shape index (κ1) is 13.9. The van der Waals surface area contributed by atoms with Crippen molar-refractivity contribution in [2.24, 2.45) is 0 Å².